The van der Waals surface area contributed by atoms with Gasteiger partial charge < -0.3 is 9.42 Å². The molecular formula is C19H24ClN3O2. The molecule has 3 rings (SSSR count). The third-order valence-electron chi connectivity index (χ3n) is 4.61. The maximum atomic E-state index is 12.3. The lowest BCUT2D eigenvalue weighted by Crippen LogP contribution is -2.49. The summed E-state index contributed by atoms with van der Waals surface area (Å²) in [5, 5.41) is 4.75. The summed E-state index contributed by atoms with van der Waals surface area (Å²) in [6.07, 6.45) is 2.39. The van der Waals surface area contributed by atoms with Crippen molar-refractivity contribution in [3.63, 3.8) is 0 Å². The van der Waals surface area contributed by atoms with Crippen LogP contribution in [0.25, 0.3) is 0 Å². The zero-order valence-electron chi connectivity index (χ0n) is 14.6. The molecule has 0 spiro atoms. The fourth-order valence-electron chi connectivity index (χ4n) is 3.18. The standard InChI is InChI=1S/C19H24ClN3O2/c1-15-13-17(21-25-15)14-19(24)23-11-9-22(10-12-23)8-4-6-16-5-2-3-7-18(16)20/h2-3,5,7,13H,4,6,8-12,14H2,1H3. The average molecular weight is 362 g/mol. The maximum absolute atomic E-state index is 12.3. The van der Waals surface area contributed by atoms with Crippen molar-refractivity contribution in [2.24, 2.45) is 0 Å². The van der Waals surface area contributed by atoms with Crippen LogP contribution in [-0.2, 0) is 17.6 Å². The summed E-state index contributed by atoms with van der Waals surface area (Å²) in [6.45, 7) is 6.28. The van der Waals surface area contributed by atoms with E-state index < -0.39 is 0 Å². The van der Waals surface area contributed by atoms with Crippen LogP contribution >= 0.6 is 11.6 Å². The molecule has 0 unspecified atom stereocenters. The number of hydrogen-bond donors (Lipinski definition) is 0. The van der Waals surface area contributed by atoms with Crippen molar-refractivity contribution in [2.75, 3.05) is 32.7 Å². The summed E-state index contributed by atoms with van der Waals surface area (Å²) >= 11 is 6.20. The summed E-state index contributed by atoms with van der Waals surface area (Å²) in [6, 6.07) is 9.84. The van der Waals surface area contributed by atoms with Crippen molar-refractivity contribution in [2.45, 2.75) is 26.2 Å². The lowest BCUT2D eigenvalue weighted by molar-refractivity contribution is -0.132. The summed E-state index contributed by atoms with van der Waals surface area (Å²) in [5.41, 5.74) is 1.92. The van der Waals surface area contributed by atoms with Gasteiger partial charge in [-0.3, -0.25) is 9.69 Å². The van der Waals surface area contributed by atoms with Crippen LogP contribution in [-0.4, -0.2) is 53.6 Å². The van der Waals surface area contributed by atoms with E-state index in [1.54, 1.807) is 0 Å². The van der Waals surface area contributed by atoms with Crippen molar-refractivity contribution in [1.29, 1.82) is 0 Å². The molecule has 0 radical (unpaired) electrons. The van der Waals surface area contributed by atoms with E-state index in [9.17, 15) is 4.79 Å². The molecule has 1 aliphatic rings. The summed E-state index contributed by atoms with van der Waals surface area (Å²) in [7, 11) is 0. The molecule has 0 bridgehead atoms. The number of nitrogens with zero attached hydrogens (tertiary/aromatic N) is 3. The van der Waals surface area contributed by atoms with E-state index in [-0.39, 0.29) is 5.91 Å². The average Bonchev–Trinajstić information content (AvgIpc) is 3.02. The maximum Gasteiger partial charge on any atom is 0.228 e. The molecule has 2 aromatic rings. The minimum Gasteiger partial charge on any atom is -0.361 e. The Morgan fingerprint density at radius 2 is 2.00 bits per heavy atom. The fraction of sp³-hybridized carbons (Fsp3) is 0.474. The van der Waals surface area contributed by atoms with Gasteiger partial charge in [-0.1, -0.05) is 35.0 Å². The third-order valence-corrected chi connectivity index (χ3v) is 4.98. The monoisotopic (exact) mass is 361 g/mol. The van der Waals surface area contributed by atoms with Crippen LogP contribution in [0, 0.1) is 6.92 Å². The van der Waals surface area contributed by atoms with Crippen molar-refractivity contribution in [3.8, 4) is 0 Å². The number of benzene rings is 1. The second-order valence-corrected chi connectivity index (χ2v) is 6.93. The smallest absolute Gasteiger partial charge is 0.228 e. The van der Waals surface area contributed by atoms with Crippen molar-refractivity contribution >= 4 is 17.5 Å². The molecule has 1 amide bonds. The zero-order chi connectivity index (χ0) is 17.6. The highest BCUT2D eigenvalue weighted by atomic mass is 35.5. The topological polar surface area (TPSA) is 49.6 Å². The fourth-order valence-corrected chi connectivity index (χ4v) is 3.41. The van der Waals surface area contributed by atoms with Crippen LogP contribution in [0.1, 0.15) is 23.4 Å². The van der Waals surface area contributed by atoms with Gasteiger partial charge in [0.2, 0.25) is 5.91 Å². The second kappa shape index (κ2) is 8.50. The van der Waals surface area contributed by atoms with Gasteiger partial charge in [0.25, 0.3) is 0 Å². The Morgan fingerprint density at radius 1 is 1.24 bits per heavy atom. The number of rotatable bonds is 6. The van der Waals surface area contributed by atoms with Gasteiger partial charge in [-0.05, 0) is 37.9 Å². The van der Waals surface area contributed by atoms with Gasteiger partial charge in [-0.15, -0.1) is 0 Å². The molecule has 2 heterocycles. The highest BCUT2D eigenvalue weighted by Gasteiger charge is 2.21. The predicted octanol–water partition coefficient (Wildman–Crippen LogP) is 2.96. The van der Waals surface area contributed by atoms with E-state index in [0.717, 1.165) is 56.3 Å². The number of carbonyl (C=O) groups excluding carboxylic acids is 1. The van der Waals surface area contributed by atoms with Crippen LogP contribution < -0.4 is 0 Å². The normalized spacial score (nSPS) is 15.5. The quantitative estimate of drug-likeness (QED) is 0.793. The highest BCUT2D eigenvalue weighted by molar-refractivity contribution is 6.31. The number of hydrogen-bond acceptors (Lipinski definition) is 4. The van der Waals surface area contributed by atoms with Crippen LogP contribution in [0.5, 0.6) is 0 Å². The van der Waals surface area contributed by atoms with Crippen LogP contribution in [0.2, 0.25) is 5.02 Å². The Morgan fingerprint density at radius 3 is 2.68 bits per heavy atom. The molecule has 25 heavy (non-hydrogen) atoms. The summed E-state index contributed by atoms with van der Waals surface area (Å²) < 4.78 is 5.02. The molecule has 1 aromatic heterocycles. The number of aryl methyl sites for hydroxylation is 2. The molecule has 1 saturated heterocycles. The second-order valence-electron chi connectivity index (χ2n) is 6.52. The first-order chi connectivity index (χ1) is 12.1. The van der Waals surface area contributed by atoms with Gasteiger partial charge in [0.05, 0.1) is 12.1 Å². The number of amides is 1. The van der Waals surface area contributed by atoms with Gasteiger partial charge in [0, 0.05) is 37.3 Å². The molecule has 0 N–H and O–H groups in total. The van der Waals surface area contributed by atoms with Crippen LogP contribution in [0.15, 0.2) is 34.9 Å². The minimum absolute atomic E-state index is 0.129. The molecule has 0 aliphatic carbocycles. The Labute approximate surface area is 153 Å². The van der Waals surface area contributed by atoms with Gasteiger partial charge in [0.1, 0.15) is 5.76 Å². The van der Waals surface area contributed by atoms with E-state index in [0.29, 0.717) is 12.1 Å². The Hall–Kier alpha value is -1.85. The van der Waals surface area contributed by atoms with Crippen LogP contribution in [0.3, 0.4) is 0 Å². The van der Waals surface area contributed by atoms with E-state index >= 15 is 0 Å². The van der Waals surface area contributed by atoms with E-state index in [4.69, 9.17) is 16.1 Å². The SMILES string of the molecule is Cc1cc(CC(=O)N2CCN(CCCc3ccccc3Cl)CC2)no1. The van der Waals surface area contributed by atoms with Gasteiger partial charge in [-0.25, -0.2) is 0 Å². The van der Waals surface area contributed by atoms with Gasteiger partial charge in [0.15, 0.2) is 0 Å². The molecule has 5 nitrogen and oxygen atoms in total. The lowest BCUT2D eigenvalue weighted by Gasteiger charge is -2.34. The zero-order valence-corrected chi connectivity index (χ0v) is 15.3. The molecule has 6 heteroatoms. The number of carbonyl (C=O) groups is 1. The Balaban J connectivity index is 1.38. The predicted molar refractivity (Wildman–Crippen MR) is 97.7 cm³/mol. The Kier molecular flexibility index (Phi) is 6.10. The molecule has 134 valence electrons. The first-order valence-electron chi connectivity index (χ1n) is 8.77. The van der Waals surface area contributed by atoms with Crippen molar-refractivity contribution in [1.82, 2.24) is 15.0 Å². The largest absolute Gasteiger partial charge is 0.361 e. The Bertz CT molecular complexity index is 708. The first-order valence-corrected chi connectivity index (χ1v) is 9.15. The molecule has 0 atom stereocenters. The van der Waals surface area contributed by atoms with E-state index in [1.807, 2.05) is 36.1 Å². The number of piperazine rings is 1. The first kappa shape index (κ1) is 18.0. The molecular weight excluding hydrogens is 338 g/mol. The van der Waals surface area contributed by atoms with Crippen molar-refractivity contribution < 1.29 is 9.32 Å². The van der Waals surface area contributed by atoms with Gasteiger partial charge >= 0.3 is 0 Å². The summed E-state index contributed by atoms with van der Waals surface area (Å²) in [5.74, 6) is 0.871. The molecule has 0 saturated carbocycles. The van der Waals surface area contributed by atoms with Crippen molar-refractivity contribution in [3.05, 3.63) is 52.4 Å². The highest BCUT2D eigenvalue weighted by Crippen LogP contribution is 2.17. The van der Waals surface area contributed by atoms with E-state index in [1.165, 1.54) is 5.56 Å². The minimum atomic E-state index is 0.129. The summed E-state index contributed by atoms with van der Waals surface area (Å²) in [4.78, 5) is 16.7. The molecule has 1 aliphatic heterocycles. The van der Waals surface area contributed by atoms with Gasteiger partial charge in [-0.2, -0.15) is 0 Å². The molecule has 1 aromatic carbocycles. The van der Waals surface area contributed by atoms with E-state index in [2.05, 4.69) is 16.1 Å². The lowest BCUT2D eigenvalue weighted by atomic mass is 10.1. The van der Waals surface area contributed by atoms with Crippen LogP contribution in [0.4, 0.5) is 0 Å². The number of aromatic nitrogens is 1. The number of halogens is 1. The molecule has 1 fully saturated rings. The third kappa shape index (κ3) is 5.06.